The van der Waals surface area contributed by atoms with Gasteiger partial charge in [0.05, 0.1) is 12.7 Å². The van der Waals surface area contributed by atoms with Crippen LogP contribution in [0.5, 0.6) is 23.0 Å². The second-order valence-corrected chi connectivity index (χ2v) is 28.4. The third-order valence-corrected chi connectivity index (χ3v) is 17.7. The van der Waals surface area contributed by atoms with E-state index < -0.39 is 142 Å². The molecule has 0 saturated carbocycles. The van der Waals surface area contributed by atoms with Gasteiger partial charge in [0.1, 0.15) is 88.7 Å². The van der Waals surface area contributed by atoms with Crippen LogP contribution in [0.3, 0.4) is 0 Å². The molecule has 0 aliphatic carbocycles. The Kier molecular flexibility index (Phi) is 32.1. The van der Waals surface area contributed by atoms with Crippen molar-refractivity contribution in [3.8, 4) is 23.0 Å². The molecule has 3 aliphatic rings. The quantitative estimate of drug-likeness (QED) is 0.0213. The van der Waals surface area contributed by atoms with Crippen molar-refractivity contribution in [2.45, 2.75) is 167 Å². The minimum Gasteiger partial charge on any atom is -0.463 e. The molecule has 545 valence electrons. The summed E-state index contributed by atoms with van der Waals surface area (Å²) in [6.45, 7) is 16.7. The summed E-state index contributed by atoms with van der Waals surface area (Å²) in [6, 6.07) is 22.6. The highest BCUT2D eigenvalue weighted by atomic mass is 32.3. The van der Waals surface area contributed by atoms with E-state index in [-0.39, 0.29) is 65.7 Å². The fourth-order valence-electron chi connectivity index (χ4n) is 9.83. The van der Waals surface area contributed by atoms with Gasteiger partial charge in [0.25, 0.3) is 10.2 Å². The topological polar surface area (TPSA) is 386 Å². The van der Waals surface area contributed by atoms with E-state index in [2.05, 4.69) is 30.0 Å². The molecule has 37 heteroatoms. The largest absolute Gasteiger partial charge is 0.463 e. The van der Waals surface area contributed by atoms with Gasteiger partial charge in [0.15, 0.2) is 6.10 Å². The van der Waals surface area contributed by atoms with Gasteiger partial charge in [0, 0.05) is 96.4 Å². The fourth-order valence-corrected chi connectivity index (χ4v) is 12.3. The average Bonchev–Trinajstić information content (AvgIpc) is 1.43. The SMILES string of the molecule is CNC(=O)[C@H](Cc1ccc(OS(=O)(=Nc2ccccc2OC2O[C@H](CO)[C@@H](O)[C@H](O)[C@H]2O)N2CCCC2)cc1)NC(=O)OC(C)(C)C.CNC(=O)[C@H](Cc1ccc(OS(=O)(F)=Nc2ccccc2OC2O[C@H](COC(C)=O)[C@@H](C)[C@H](C)[C@H]2OC(C)=O)cc1)NC(=O)OC(C)(C)C.[B][B]B([B])[B]. The zero-order chi connectivity index (χ0) is 75.2. The smallest absolute Gasteiger partial charge is 0.408 e. The Morgan fingerprint density at radius 1 is 0.663 bits per heavy atom. The zero-order valence-corrected chi connectivity index (χ0v) is 60.0. The van der Waals surface area contributed by atoms with Crippen molar-refractivity contribution in [3.63, 3.8) is 0 Å². The molecule has 3 saturated heterocycles. The number of hydrogen-bond donors (Lipinski definition) is 8. The summed E-state index contributed by atoms with van der Waals surface area (Å²) in [5, 5.41) is 50.4. The van der Waals surface area contributed by atoms with Crippen LogP contribution in [0.2, 0.25) is 0 Å². The number of hydrogen-bond acceptors (Lipinski definition) is 24. The Morgan fingerprint density at radius 3 is 1.54 bits per heavy atom. The van der Waals surface area contributed by atoms with Crippen molar-refractivity contribution in [2.75, 3.05) is 40.4 Å². The van der Waals surface area contributed by atoms with Crippen LogP contribution in [0.1, 0.15) is 93.2 Å². The summed E-state index contributed by atoms with van der Waals surface area (Å²) < 4.78 is 108. The number of nitrogens with one attached hydrogen (secondary N) is 4. The highest BCUT2D eigenvalue weighted by molar-refractivity contribution is 7.87. The van der Waals surface area contributed by atoms with Crippen molar-refractivity contribution in [1.29, 1.82) is 0 Å². The van der Waals surface area contributed by atoms with E-state index in [1.807, 2.05) is 13.8 Å². The number of alkyl carbamates (subject to hydrolysis) is 2. The second-order valence-electron chi connectivity index (χ2n) is 25.4. The first-order chi connectivity index (χ1) is 47.4. The third kappa shape index (κ3) is 27.3. The molecule has 7 rings (SSSR count). The third-order valence-electron chi connectivity index (χ3n) is 15.0. The first kappa shape index (κ1) is 84.0. The zero-order valence-electron chi connectivity index (χ0n) is 58.4. The molecule has 0 aromatic heterocycles. The molecule has 3 aliphatic heterocycles. The van der Waals surface area contributed by atoms with Crippen LogP contribution in [-0.4, -0.2) is 219 Å². The number of aliphatic hydroxyl groups is 4. The molecule has 4 amide bonds. The van der Waals surface area contributed by atoms with Crippen LogP contribution in [0, 0.1) is 11.8 Å². The lowest BCUT2D eigenvalue weighted by molar-refractivity contribution is -0.277. The summed E-state index contributed by atoms with van der Waals surface area (Å²) in [4.78, 5) is 72.8. The van der Waals surface area contributed by atoms with Crippen LogP contribution in [0.4, 0.5) is 24.8 Å². The number of benzene rings is 4. The number of nitrogens with zero attached hydrogens (tertiary/aromatic N) is 3. The number of esters is 2. The molecule has 4 aromatic rings. The van der Waals surface area contributed by atoms with E-state index in [1.165, 1.54) is 89.6 Å². The molecule has 101 heavy (non-hydrogen) atoms. The van der Waals surface area contributed by atoms with Gasteiger partial charge in [-0.25, -0.2) is 9.59 Å². The maximum Gasteiger partial charge on any atom is 0.408 e. The molecule has 4 unspecified atom stereocenters. The number of halogens is 1. The van der Waals surface area contributed by atoms with Crippen LogP contribution < -0.4 is 39.1 Å². The Balaban J connectivity index is 0.000000341. The van der Waals surface area contributed by atoms with Gasteiger partial charge in [-0.1, -0.05) is 66.3 Å². The molecular formula is C64H88B5FN7O22S2. The molecule has 14 atom stereocenters. The predicted molar refractivity (Wildman–Crippen MR) is 374 cm³/mol. The lowest BCUT2D eigenvalue weighted by atomic mass is 8.97. The number of carbonyl (C=O) groups is 6. The molecule has 0 bridgehead atoms. The molecular weight excluding hydrogens is 1360 g/mol. The van der Waals surface area contributed by atoms with Crippen LogP contribution in [-0.2, 0) is 81.0 Å². The van der Waals surface area contributed by atoms with Crippen LogP contribution >= 0.6 is 0 Å². The molecule has 0 spiro atoms. The predicted octanol–water partition coefficient (Wildman–Crippen LogP) is 3.96. The van der Waals surface area contributed by atoms with Crippen molar-refractivity contribution in [1.82, 2.24) is 25.6 Å². The van der Waals surface area contributed by atoms with Gasteiger partial charge in [-0.05, 0) is 120 Å². The van der Waals surface area contributed by atoms with E-state index in [1.54, 1.807) is 88.3 Å². The number of amides is 4. The number of ether oxygens (including phenoxy) is 8. The van der Waals surface area contributed by atoms with Gasteiger partial charge in [-0.3, -0.25) is 19.2 Å². The minimum atomic E-state index is -4.84. The van der Waals surface area contributed by atoms with Crippen molar-refractivity contribution in [3.05, 3.63) is 108 Å². The number of likely N-dealkylation sites (N-methyl/N-ethyl adjacent to an activating group) is 2. The number of rotatable bonds is 24. The van der Waals surface area contributed by atoms with E-state index in [0.29, 0.717) is 24.2 Å². The minimum absolute atomic E-state index is 0.0419. The summed E-state index contributed by atoms with van der Waals surface area (Å²) >= 11 is 0. The maximum atomic E-state index is 15.4. The summed E-state index contributed by atoms with van der Waals surface area (Å²) in [5.74, 6) is -2.33. The van der Waals surface area contributed by atoms with Gasteiger partial charge in [0.2, 0.25) is 24.4 Å². The Labute approximate surface area is 594 Å². The van der Waals surface area contributed by atoms with E-state index in [4.69, 9.17) is 69.5 Å². The van der Waals surface area contributed by atoms with E-state index in [9.17, 15) is 57.6 Å². The number of para-hydroxylation sites is 2. The summed E-state index contributed by atoms with van der Waals surface area (Å²) in [7, 11) is 10.3. The van der Waals surface area contributed by atoms with Crippen molar-refractivity contribution < 1.29 is 108 Å². The monoisotopic (exact) mass is 1440 g/mol. The normalized spacial score (nSPS) is 22.9. The van der Waals surface area contributed by atoms with Crippen molar-refractivity contribution >= 4 is 105 Å². The molecule has 7 radical (unpaired) electrons. The van der Waals surface area contributed by atoms with Gasteiger partial charge in [-0.15, -0.1) is 8.73 Å². The van der Waals surface area contributed by atoms with Gasteiger partial charge >= 0.3 is 34.5 Å². The molecule has 8 N–H and O–H groups in total. The van der Waals surface area contributed by atoms with Crippen molar-refractivity contribution in [2.24, 2.45) is 20.6 Å². The fraction of sp³-hybridized carbons (Fsp3) is 0.531. The van der Waals surface area contributed by atoms with Gasteiger partial charge in [-0.2, -0.15) is 12.7 Å². The molecule has 29 nitrogen and oxygen atoms in total. The average molecular weight is 1440 g/mol. The lowest BCUT2D eigenvalue weighted by Gasteiger charge is -2.43. The van der Waals surface area contributed by atoms with Gasteiger partial charge < -0.3 is 88.0 Å². The van der Waals surface area contributed by atoms with E-state index >= 15 is 3.89 Å². The highest BCUT2D eigenvalue weighted by Crippen LogP contribution is 2.39. The number of carbonyl (C=O) groups excluding carboxylic acids is 6. The number of aliphatic hydroxyl groups excluding tert-OH is 4. The first-order valence-corrected chi connectivity index (χ1v) is 34.9. The Bertz CT molecular complexity index is 3650. The Hall–Kier alpha value is -7.63. The lowest BCUT2D eigenvalue weighted by Crippen LogP contribution is -2.60. The summed E-state index contributed by atoms with van der Waals surface area (Å²) in [5.41, 5.74) is -0.318. The Morgan fingerprint density at radius 2 is 1.11 bits per heavy atom. The van der Waals surface area contributed by atoms with Crippen LogP contribution in [0.25, 0.3) is 0 Å². The highest BCUT2D eigenvalue weighted by Gasteiger charge is 2.47. The second kappa shape index (κ2) is 38.6. The standard InChI is InChI=1S/C33H44FN3O11S.C31H44N4O11S.B5/c1-19-20(2)29(44-22(4)39)31(46-28(19)18-43-21(3)38)45-27-12-10-9-11-25(27)37-49(34,42)48-24-15-13-23(14-16-24)17-26(30(40)35-8)36-32(41)47-33(5,6)7;1-31(2,3)45-30(41)33-22(28(40)32-4)17-19-11-13-20(14-12-19)46-47(42,35-15-7-8-16-35)34-21-9-5-6-10-23(21)43-29-27(39)26(38)25(37)24(18-36)44-29;1-4-5(2)3/h9-16,19-20,26,28-29,31H,17-18H2,1-8H3,(H,35,40)(H,36,41);5-6,9-14,22,24-27,29,36-39H,7-8,15-18H2,1-4H3,(H,32,40)(H,33,41);/t19-,20-,26-,28+,29+,31?,49?;22-,24+,25+,26-,27+,29?,47?;/m00./s1. The molecule has 4 aromatic carbocycles. The molecule has 3 fully saturated rings. The first-order valence-electron chi connectivity index (χ1n) is 32.2. The van der Waals surface area contributed by atoms with E-state index in [0.717, 1.165) is 12.8 Å². The summed E-state index contributed by atoms with van der Waals surface area (Å²) in [6.07, 6.45) is -10.4. The maximum absolute atomic E-state index is 15.4. The van der Waals surface area contributed by atoms with Crippen LogP contribution in [0.15, 0.2) is 106 Å². The molecule has 3 heterocycles.